The van der Waals surface area contributed by atoms with E-state index in [2.05, 4.69) is 4.99 Å². The Morgan fingerprint density at radius 3 is 2.85 bits per heavy atom. The third-order valence-electron chi connectivity index (χ3n) is 1.65. The Hall–Kier alpha value is -1.64. The minimum absolute atomic E-state index is 0.686. The van der Waals surface area contributed by atoms with Gasteiger partial charge in [-0.15, -0.1) is 11.3 Å². The van der Waals surface area contributed by atoms with E-state index < -0.39 is 0 Å². The van der Waals surface area contributed by atoms with Crippen LogP contribution >= 0.6 is 11.3 Å². The molecule has 0 saturated heterocycles. The average molecular weight is 190 g/mol. The summed E-state index contributed by atoms with van der Waals surface area (Å²) in [5, 5.41) is 2.58. The molecular weight excluding hydrogens is 184 g/mol. The van der Waals surface area contributed by atoms with Gasteiger partial charge in [0.1, 0.15) is 0 Å². The molecule has 13 heavy (non-hydrogen) atoms. The van der Waals surface area contributed by atoms with Gasteiger partial charge in [-0.2, -0.15) is 4.99 Å². The molecule has 0 fully saturated rings. The number of carbonyl (C=O) groups excluding carboxylic acids is 1. The maximum Gasteiger partial charge on any atom is 0.241 e. The van der Waals surface area contributed by atoms with Crippen LogP contribution in [-0.4, -0.2) is 10.6 Å². The summed E-state index contributed by atoms with van der Waals surface area (Å²) in [5.41, 5.74) is 0.915. The number of hydrogen-bond acceptors (Lipinski definition) is 3. The zero-order valence-corrected chi connectivity index (χ0v) is 7.49. The van der Waals surface area contributed by atoms with Crippen LogP contribution in [0.3, 0.4) is 0 Å². The second-order valence-electron chi connectivity index (χ2n) is 2.40. The van der Waals surface area contributed by atoms with Crippen LogP contribution < -0.4 is 0 Å². The van der Waals surface area contributed by atoms with E-state index in [1.54, 1.807) is 6.08 Å². The fraction of sp³-hybridized carbons (Fsp3) is 0. The molecule has 2 heterocycles. The highest BCUT2D eigenvalue weighted by molar-refractivity contribution is 7.14. The molecule has 2 aromatic rings. The fourth-order valence-electron chi connectivity index (χ4n) is 1.11. The maximum absolute atomic E-state index is 10.1. The lowest BCUT2D eigenvalue weighted by atomic mass is 10.5. The zero-order valence-electron chi connectivity index (χ0n) is 6.68. The highest BCUT2D eigenvalue weighted by atomic mass is 32.1. The van der Waals surface area contributed by atoms with Crippen molar-refractivity contribution < 1.29 is 4.79 Å². The molecule has 0 unspecified atom stereocenters. The molecule has 0 bridgehead atoms. The van der Waals surface area contributed by atoms with Crippen LogP contribution in [0.1, 0.15) is 0 Å². The Labute approximate surface area is 79.0 Å². The standard InChI is InChI=1S/C9H6N2OS/c12-7-10-9-8(3-6-13-9)11-4-1-2-5-11/h1-6H. The SMILES string of the molecule is O=C=Nc1sccc1-n1cccc1. The number of thiophene rings is 1. The van der Waals surface area contributed by atoms with Gasteiger partial charge in [0.05, 0.1) is 5.69 Å². The molecule has 3 nitrogen and oxygen atoms in total. The number of aliphatic imine (C=N–C) groups is 1. The number of isocyanates is 1. The molecule has 0 aromatic carbocycles. The van der Waals surface area contributed by atoms with Crippen molar-refractivity contribution in [3.05, 3.63) is 36.0 Å². The van der Waals surface area contributed by atoms with Crippen LogP contribution in [0, 0.1) is 0 Å². The van der Waals surface area contributed by atoms with Crippen LogP contribution in [0.25, 0.3) is 5.69 Å². The van der Waals surface area contributed by atoms with Gasteiger partial charge in [0.25, 0.3) is 0 Å². The molecular formula is C9H6N2OS. The van der Waals surface area contributed by atoms with E-state index in [0.29, 0.717) is 5.00 Å². The molecule has 0 radical (unpaired) electrons. The van der Waals surface area contributed by atoms with E-state index in [0.717, 1.165) is 5.69 Å². The predicted octanol–water partition coefficient (Wildman–Crippen LogP) is 2.51. The Balaban J connectivity index is 2.52. The lowest BCUT2D eigenvalue weighted by Gasteiger charge is -1.98. The summed E-state index contributed by atoms with van der Waals surface area (Å²) in [7, 11) is 0. The van der Waals surface area contributed by atoms with Gasteiger partial charge in [-0.3, -0.25) is 0 Å². The molecule has 2 rings (SSSR count). The van der Waals surface area contributed by atoms with E-state index in [1.807, 2.05) is 40.5 Å². The molecule has 0 aliphatic heterocycles. The molecule has 0 amide bonds. The molecule has 2 aromatic heterocycles. The number of rotatable bonds is 2. The van der Waals surface area contributed by atoms with Crippen molar-refractivity contribution in [2.75, 3.05) is 0 Å². The number of nitrogens with zero attached hydrogens (tertiary/aromatic N) is 2. The van der Waals surface area contributed by atoms with Crippen molar-refractivity contribution in [1.82, 2.24) is 4.57 Å². The van der Waals surface area contributed by atoms with Crippen molar-refractivity contribution in [3.8, 4) is 5.69 Å². The molecule has 0 saturated carbocycles. The lowest BCUT2D eigenvalue weighted by molar-refractivity contribution is 0.565. The second-order valence-corrected chi connectivity index (χ2v) is 3.30. The van der Waals surface area contributed by atoms with Crippen molar-refractivity contribution in [1.29, 1.82) is 0 Å². The number of hydrogen-bond donors (Lipinski definition) is 0. The third kappa shape index (κ3) is 1.45. The lowest BCUT2D eigenvalue weighted by Crippen LogP contribution is -1.85. The second kappa shape index (κ2) is 3.39. The van der Waals surface area contributed by atoms with E-state index >= 15 is 0 Å². The van der Waals surface area contributed by atoms with Gasteiger partial charge in [-0.1, -0.05) is 0 Å². The first kappa shape index (κ1) is 7.98. The Kier molecular flexibility index (Phi) is 2.08. The third-order valence-corrected chi connectivity index (χ3v) is 2.45. The van der Waals surface area contributed by atoms with E-state index in [1.165, 1.54) is 11.3 Å². The van der Waals surface area contributed by atoms with Crippen LogP contribution in [0.2, 0.25) is 0 Å². The van der Waals surface area contributed by atoms with Gasteiger partial charge in [0.2, 0.25) is 6.08 Å². The average Bonchev–Trinajstić information content (AvgIpc) is 2.71. The summed E-state index contributed by atoms with van der Waals surface area (Å²) < 4.78 is 1.91. The maximum atomic E-state index is 10.1. The minimum Gasteiger partial charge on any atom is -0.321 e. The Morgan fingerprint density at radius 2 is 2.15 bits per heavy atom. The van der Waals surface area contributed by atoms with E-state index in [-0.39, 0.29) is 0 Å². The smallest absolute Gasteiger partial charge is 0.241 e. The van der Waals surface area contributed by atoms with Gasteiger partial charge in [0.15, 0.2) is 5.00 Å². The topological polar surface area (TPSA) is 34.4 Å². The van der Waals surface area contributed by atoms with Gasteiger partial charge < -0.3 is 4.57 Å². The monoisotopic (exact) mass is 190 g/mol. The fourth-order valence-corrected chi connectivity index (χ4v) is 1.82. The van der Waals surface area contributed by atoms with Gasteiger partial charge in [-0.05, 0) is 23.6 Å². The van der Waals surface area contributed by atoms with E-state index in [9.17, 15) is 4.79 Å². The highest BCUT2D eigenvalue weighted by Gasteiger charge is 2.03. The predicted molar refractivity (Wildman–Crippen MR) is 51.4 cm³/mol. The zero-order chi connectivity index (χ0) is 9.10. The summed E-state index contributed by atoms with van der Waals surface area (Å²) in [5.74, 6) is 0. The largest absolute Gasteiger partial charge is 0.321 e. The first-order valence-corrected chi connectivity index (χ1v) is 4.58. The summed E-state index contributed by atoms with van der Waals surface area (Å²) in [6.07, 6.45) is 5.36. The molecule has 64 valence electrons. The van der Waals surface area contributed by atoms with Crippen LogP contribution in [0.4, 0.5) is 5.00 Å². The summed E-state index contributed by atoms with van der Waals surface area (Å²) in [4.78, 5) is 13.7. The number of aromatic nitrogens is 1. The molecule has 0 N–H and O–H groups in total. The van der Waals surface area contributed by atoms with Crippen LogP contribution in [-0.2, 0) is 4.79 Å². The van der Waals surface area contributed by atoms with Crippen LogP contribution in [0.15, 0.2) is 41.0 Å². The summed E-state index contributed by atoms with van der Waals surface area (Å²) in [6.45, 7) is 0. The highest BCUT2D eigenvalue weighted by Crippen LogP contribution is 2.29. The first-order chi connectivity index (χ1) is 6.42. The molecule has 0 spiro atoms. The van der Waals surface area contributed by atoms with Crippen LogP contribution in [0.5, 0.6) is 0 Å². The summed E-state index contributed by atoms with van der Waals surface area (Å²) >= 11 is 1.42. The molecule has 0 aliphatic rings. The van der Waals surface area contributed by atoms with Crippen molar-refractivity contribution in [3.63, 3.8) is 0 Å². The van der Waals surface area contributed by atoms with Gasteiger partial charge in [0, 0.05) is 12.4 Å². The quantitative estimate of drug-likeness (QED) is 0.529. The van der Waals surface area contributed by atoms with Crippen molar-refractivity contribution >= 4 is 22.4 Å². The summed E-state index contributed by atoms with van der Waals surface area (Å²) in [6, 6.07) is 5.76. The van der Waals surface area contributed by atoms with Gasteiger partial charge >= 0.3 is 0 Å². The van der Waals surface area contributed by atoms with Crippen molar-refractivity contribution in [2.24, 2.45) is 4.99 Å². The Bertz CT molecular complexity index is 438. The first-order valence-electron chi connectivity index (χ1n) is 3.70. The minimum atomic E-state index is 0.686. The Morgan fingerprint density at radius 1 is 1.38 bits per heavy atom. The molecule has 0 aliphatic carbocycles. The normalized spacial score (nSPS) is 9.54. The van der Waals surface area contributed by atoms with E-state index in [4.69, 9.17) is 0 Å². The van der Waals surface area contributed by atoms with Crippen molar-refractivity contribution in [2.45, 2.75) is 0 Å². The molecule has 0 atom stereocenters. The van der Waals surface area contributed by atoms with Gasteiger partial charge in [-0.25, -0.2) is 4.79 Å². The molecule has 4 heteroatoms.